The molecule has 1 aliphatic rings. The lowest BCUT2D eigenvalue weighted by molar-refractivity contribution is -0.117. The molecule has 0 saturated heterocycles. The summed E-state index contributed by atoms with van der Waals surface area (Å²) in [6.45, 7) is 0. The van der Waals surface area contributed by atoms with Gasteiger partial charge in [-0.1, -0.05) is 11.6 Å². The molecule has 0 atom stereocenters. The normalized spacial score (nSPS) is 14.5. The van der Waals surface area contributed by atoms with E-state index in [0.717, 1.165) is 12.8 Å². The predicted molar refractivity (Wildman–Crippen MR) is 86.8 cm³/mol. The Kier molecular flexibility index (Phi) is 4.03. The summed E-state index contributed by atoms with van der Waals surface area (Å²) in [6.07, 6.45) is 3.18. The van der Waals surface area contributed by atoms with Crippen molar-refractivity contribution < 1.29 is 13.2 Å². The van der Waals surface area contributed by atoms with E-state index in [2.05, 4.69) is 15.0 Å². The number of benzene rings is 1. The monoisotopic (exact) mass is 354 g/mol. The van der Waals surface area contributed by atoms with Crippen molar-refractivity contribution in [2.45, 2.75) is 17.9 Å². The van der Waals surface area contributed by atoms with Crippen molar-refractivity contribution in [2.75, 3.05) is 10.0 Å². The maximum atomic E-state index is 12.3. The number of hydrogen-bond donors (Lipinski definition) is 2. The van der Waals surface area contributed by atoms with E-state index in [1.807, 2.05) is 0 Å². The topological polar surface area (TPSA) is 93.1 Å². The Morgan fingerprint density at radius 3 is 2.39 bits per heavy atom. The van der Waals surface area contributed by atoms with E-state index in [0.29, 0.717) is 11.4 Å². The molecule has 1 aliphatic carbocycles. The van der Waals surface area contributed by atoms with Crippen molar-refractivity contribution in [1.82, 2.24) is 9.55 Å². The van der Waals surface area contributed by atoms with Gasteiger partial charge in [-0.25, -0.2) is 4.98 Å². The van der Waals surface area contributed by atoms with E-state index in [4.69, 9.17) is 11.6 Å². The molecule has 2 N–H and O–H groups in total. The number of amides is 1. The van der Waals surface area contributed by atoms with Crippen LogP contribution in [0.4, 0.5) is 11.4 Å². The lowest BCUT2D eigenvalue weighted by Crippen LogP contribution is -2.15. The highest BCUT2D eigenvalue weighted by Crippen LogP contribution is 2.30. The standard InChI is InChI=1S/C14H15ClN4O3S/c1-19-8-16-14(12(19)15)23(21,22)18-11-6-4-10(5-7-11)17-13(20)9-2-3-9/h4-9,18H,2-3H2,1H3,(H,17,20). The summed E-state index contributed by atoms with van der Waals surface area (Å²) in [6, 6.07) is 6.41. The van der Waals surface area contributed by atoms with E-state index in [9.17, 15) is 13.2 Å². The van der Waals surface area contributed by atoms with Gasteiger partial charge in [0.2, 0.25) is 10.9 Å². The average Bonchev–Trinajstić information content (AvgIpc) is 3.28. The van der Waals surface area contributed by atoms with Crippen LogP contribution in [-0.4, -0.2) is 23.9 Å². The Hall–Kier alpha value is -2.06. The molecule has 2 aromatic rings. The third kappa shape index (κ3) is 3.48. The number of aromatic nitrogens is 2. The zero-order valence-electron chi connectivity index (χ0n) is 12.3. The Morgan fingerprint density at radius 2 is 1.87 bits per heavy atom. The van der Waals surface area contributed by atoms with Crippen molar-refractivity contribution in [3.8, 4) is 0 Å². The first kappa shape index (κ1) is 15.8. The summed E-state index contributed by atoms with van der Waals surface area (Å²) in [7, 11) is -2.26. The molecule has 0 bridgehead atoms. The van der Waals surface area contributed by atoms with E-state index >= 15 is 0 Å². The van der Waals surface area contributed by atoms with Gasteiger partial charge in [-0.15, -0.1) is 0 Å². The highest BCUT2D eigenvalue weighted by atomic mass is 35.5. The largest absolute Gasteiger partial charge is 0.326 e. The molecule has 1 aromatic carbocycles. The number of hydrogen-bond acceptors (Lipinski definition) is 4. The van der Waals surface area contributed by atoms with Gasteiger partial charge in [-0.05, 0) is 37.1 Å². The van der Waals surface area contributed by atoms with Crippen LogP contribution in [0.5, 0.6) is 0 Å². The van der Waals surface area contributed by atoms with Crippen molar-refractivity contribution in [3.05, 3.63) is 35.7 Å². The first-order valence-corrected chi connectivity index (χ1v) is 8.83. The molecule has 23 heavy (non-hydrogen) atoms. The summed E-state index contributed by atoms with van der Waals surface area (Å²) in [5.41, 5.74) is 0.983. The number of anilines is 2. The van der Waals surface area contributed by atoms with Crippen LogP contribution in [0, 0.1) is 5.92 Å². The van der Waals surface area contributed by atoms with Gasteiger partial charge in [-0.3, -0.25) is 9.52 Å². The third-order valence-electron chi connectivity index (χ3n) is 3.44. The number of aryl methyl sites for hydroxylation is 1. The Balaban J connectivity index is 1.72. The molecule has 0 radical (unpaired) electrons. The summed E-state index contributed by atoms with van der Waals surface area (Å²) < 4.78 is 28.3. The fourth-order valence-corrected chi connectivity index (χ4v) is 3.48. The number of nitrogens with zero attached hydrogens (tertiary/aromatic N) is 2. The number of carbonyl (C=O) groups is 1. The number of halogens is 1. The van der Waals surface area contributed by atoms with Crippen molar-refractivity contribution >= 4 is 38.9 Å². The molecule has 0 aliphatic heterocycles. The van der Waals surface area contributed by atoms with Crippen molar-refractivity contribution in [3.63, 3.8) is 0 Å². The smallest absolute Gasteiger partial charge is 0.282 e. The summed E-state index contributed by atoms with van der Waals surface area (Å²) in [4.78, 5) is 15.5. The summed E-state index contributed by atoms with van der Waals surface area (Å²) >= 11 is 5.91. The van der Waals surface area contributed by atoms with E-state index < -0.39 is 10.0 Å². The third-order valence-corrected chi connectivity index (χ3v) is 5.31. The molecule has 3 rings (SSSR count). The average molecular weight is 355 g/mol. The zero-order chi connectivity index (χ0) is 16.6. The number of sulfonamides is 1. The number of carbonyl (C=O) groups excluding carboxylic acids is 1. The van der Waals surface area contributed by atoms with Crippen LogP contribution in [0.25, 0.3) is 0 Å². The second-order valence-electron chi connectivity index (χ2n) is 5.40. The second-order valence-corrected chi connectivity index (χ2v) is 7.35. The molecule has 1 aromatic heterocycles. The summed E-state index contributed by atoms with van der Waals surface area (Å²) in [5.74, 6) is 0.109. The minimum atomic E-state index is -3.86. The van der Waals surface area contributed by atoms with Gasteiger partial charge in [0.15, 0.2) is 0 Å². The Labute approximate surface area is 138 Å². The molecule has 0 spiro atoms. The number of imidazole rings is 1. The molecule has 122 valence electrons. The molecule has 0 unspecified atom stereocenters. The maximum Gasteiger partial charge on any atom is 0.282 e. The Bertz CT molecular complexity index is 841. The fraction of sp³-hybridized carbons (Fsp3) is 0.286. The molecule has 1 fully saturated rings. The first-order valence-electron chi connectivity index (χ1n) is 6.97. The van der Waals surface area contributed by atoms with Gasteiger partial charge in [0.05, 0.1) is 6.33 Å². The van der Waals surface area contributed by atoms with Gasteiger partial charge in [0, 0.05) is 24.3 Å². The lowest BCUT2D eigenvalue weighted by atomic mass is 10.2. The Morgan fingerprint density at radius 1 is 1.26 bits per heavy atom. The van der Waals surface area contributed by atoms with Crippen LogP contribution >= 0.6 is 11.6 Å². The SMILES string of the molecule is Cn1cnc(S(=O)(=O)Nc2ccc(NC(=O)C3CC3)cc2)c1Cl. The van der Waals surface area contributed by atoms with Gasteiger partial charge in [0.25, 0.3) is 10.0 Å². The van der Waals surface area contributed by atoms with E-state index in [1.165, 1.54) is 10.9 Å². The quantitative estimate of drug-likeness (QED) is 0.861. The van der Waals surface area contributed by atoms with Crippen LogP contribution in [0.3, 0.4) is 0 Å². The summed E-state index contributed by atoms with van der Waals surface area (Å²) in [5, 5.41) is 2.59. The molecular weight excluding hydrogens is 340 g/mol. The molecule has 1 saturated carbocycles. The molecule has 1 heterocycles. The molecule has 7 nitrogen and oxygen atoms in total. The molecule has 9 heteroatoms. The highest BCUT2D eigenvalue weighted by molar-refractivity contribution is 7.92. The van der Waals surface area contributed by atoms with E-state index in [1.54, 1.807) is 31.3 Å². The first-order chi connectivity index (χ1) is 10.9. The predicted octanol–water partition coefficient (Wildman–Crippen LogP) is 2.22. The van der Waals surface area contributed by atoms with Crippen LogP contribution in [0.1, 0.15) is 12.8 Å². The van der Waals surface area contributed by atoms with Crippen molar-refractivity contribution in [2.24, 2.45) is 13.0 Å². The molecular formula is C14H15ClN4O3S. The number of nitrogens with one attached hydrogen (secondary N) is 2. The zero-order valence-corrected chi connectivity index (χ0v) is 13.9. The highest BCUT2D eigenvalue weighted by Gasteiger charge is 2.29. The van der Waals surface area contributed by atoms with Gasteiger partial charge < -0.3 is 9.88 Å². The van der Waals surface area contributed by atoms with Crippen LogP contribution in [0.2, 0.25) is 5.15 Å². The minimum absolute atomic E-state index is 0.00130. The minimum Gasteiger partial charge on any atom is -0.326 e. The van der Waals surface area contributed by atoms with Crippen molar-refractivity contribution in [1.29, 1.82) is 0 Å². The van der Waals surface area contributed by atoms with Crippen LogP contribution < -0.4 is 10.0 Å². The van der Waals surface area contributed by atoms with Gasteiger partial charge >= 0.3 is 0 Å². The second kappa shape index (κ2) is 5.86. The van der Waals surface area contributed by atoms with Gasteiger partial charge in [-0.2, -0.15) is 8.42 Å². The van der Waals surface area contributed by atoms with Crippen LogP contribution in [0.15, 0.2) is 35.6 Å². The van der Waals surface area contributed by atoms with E-state index in [-0.39, 0.29) is 22.0 Å². The maximum absolute atomic E-state index is 12.3. The lowest BCUT2D eigenvalue weighted by Gasteiger charge is -2.08. The van der Waals surface area contributed by atoms with Crippen LogP contribution in [-0.2, 0) is 21.9 Å². The number of rotatable bonds is 5. The fourth-order valence-electron chi connectivity index (χ4n) is 1.99. The van der Waals surface area contributed by atoms with Gasteiger partial charge in [0.1, 0.15) is 5.15 Å². The molecule has 1 amide bonds.